The lowest BCUT2D eigenvalue weighted by Gasteiger charge is -2.32. The molecule has 0 unspecified atom stereocenters. The molecule has 40 heavy (non-hydrogen) atoms. The molecule has 3 aromatic rings. The van der Waals surface area contributed by atoms with Crippen LogP contribution in [-0.4, -0.2) is 58.0 Å². The third-order valence-corrected chi connectivity index (χ3v) is 8.37. The molecule has 0 fully saturated rings. The summed E-state index contributed by atoms with van der Waals surface area (Å²) in [5, 5.41) is 2.84. The number of para-hydroxylation sites is 1. The van der Waals surface area contributed by atoms with E-state index in [1.54, 1.807) is 37.3 Å². The Bertz CT molecular complexity index is 1430. The number of rotatable bonds is 12. The largest absolute Gasteiger partial charge is 0.493 e. The van der Waals surface area contributed by atoms with Gasteiger partial charge in [-0.3, -0.25) is 13.9 Å². The van der Waals surface area contributed by atoms with E-state index in [1.807, 2.05) is 38.1 Å². The number of carbonyl (C=O) groups excluding carboxylic acids is 2. The number of benzene rings is 3. The molecule has 214 valence electrons. The Balaban J connectivity index is 2.05. The highest BCUT2D eigenvalue weighted by Crippen LogP contribution is 2.32. The average molecular weight is 633 g/mol. The Morgan fingerprint density at radius 2 is 1.57 bits per heavy atom. The van der Waals surface area contributed by atoms with Crippen molar-refractivity contribution < 1.29 is 27.5 Å². The number of halogens is 1. The van der Waals surface area contributed by atoms with E-state index < -0.39 is 28.5 Å². The van der Waals surface area contributed by atoms with Crippen LogP contribution in [0.2, 0.25) is 0 Å². The molecule has 0 heterocycles. The molecule has 2 amide bonds. The summed E-state index contributed by atoms with van der Waals surface area (Å²) in [4.78, 5) is 28.2. The van der Waals surface area contributed by atoms with Gasteiger partial charge in [-0.05, 0) is 62.7 Å². The lowest BCUT2D eigenvalue weighted by molar-refractivity contribution is -0.139. The minimum Gasteiger partial charge on any atom is -0.493 e. The van der Waals surface area contributed by atoms with Crippen molar-refractivity contribution in [3.8, 4) is 11.5 Å². The summed E-state index contributed by atoms with van der Waals surface area (Å²) in [6.45, 7) is 4.86. The molecule has 0 radical (unpaired) electrons. The van der Waals surface area contributed by atoms with E-state index in [-0.39, 0.29) is 29.1 Å². The van der Waals surface area contributed by atoms with Crippen LogP contribution in [-0.2, 0) is 26.2 Å². The number of nitrogens with one attached hydrogen (secondary N) is 1. The molecule has 0 aliphatic rings. The van der Waals surface area contributed by atoms with Crippen LogP contribution in [0.15, 0.2) is 82.2 Å². The van der Waals surface area contributed by atoms with Crippen LogP contribution in [0.5, 0.6) is 11.5 Å². The first-order valence-electron chi connectivity index (χ1n) is 12.6. The number of nitrogens with zero attached hydrogens (tertiary/aromatic N) is 2. The molecule has 1 atom stereocenters. The third kappa shape index (κ3) is 7.54. The summed E-state index contributed by atoms with van der Waals surface area (Å²) in [5.41, 5.74) is 1.08. The summed E-state index contributed by atoms with van der Waals surface area (Å²) in [6, 6.07) is 19.0. The van der Waals surface area contributed by atoms with Gasteiger partial charge >= 0.3 is 0 Å². The molecule has 3 aromatic carbocycles. The molecule has 0 bridgehead atoms. The first-order valence-corrected chi connectivity index (χ1v) is 14.8. The van der Waals surface area contributed by atoms with Gasteiger partial charge in [-0.25, -0.2) is 8.42 Å². The number of sulfonamides is 1. The van der Waals surface area contributed by atoms with E-state index >= 15 is 0 Å². The Hall–Kier alpha value is -3.57. The number of hydrogen-bond acceptors (Lipinski definition) is 6. The van der Waals surface area contributed by atoms with Gasteiger partial charge in [-0.2, -0.15) is 0 Å². The van der Waals surface area contributed by atoms with Gasteiger partial charge in [-0.15, -0.1) is 0 Å². The number of anilines is 1. The van der Waals surface area contributed by atoms with Gasteiger partial charge in [0.05, 0.1) is 24.8 Å². The molecule has 1 N–H and O–H groups in total. The van der Waals surface area contributed by atoms with Crippen molar-refractivity contribution in [2.24, 2.45) is 0 Å². The second kappa shape index (κ2) is 13.7. The summed E-state index contributed by atoms with van der Waals surface area (Å²) in [5.74, 6) is -0.279. The van der Waals surface area contributed by atoms with Crippen molar-refractivity contribution in [3.63, 3.8) is 0 Å². The molecule has 3 rings (SSSR count). The fourth-order valence-corrected chi connectivity index (χ4v) is 5.92. The first-order chi connectivity index (χ1) is 19.0. The Morgan fingerprint density at radius 1 is 0.900 bits per heavy atom. The average Bonchev–Trinajstić information content (AvgIpc) is 2.93. The van der Waals surface area contributed by atoms with E-state index in [1.165, 1.54) is 37.3 Å². The lowest BCUT2D eigenvalue weighted by Crippen LogP contribution is -2.52. The predicted octanol–water partition coefficient (Wildman–Crippen LogP) is 4.60. The number of methoxy groups -OCH3 is 2. The van der Waals surface area contributed by atoms with Crippen LogP contribution in [0.1, 0.15) is 26.3 Å². The summed E-state index contributed by atoms with van der Waals surface area (Å²) in [7, 11) is -1.37. The van der Waals surface area contributed by atoms with E-state index in [0.717, 1.165) is 14.3 Å². The van der Waals surface area contributed by atoms with Gasteiger partial charge in [0.15, 0.2) is 11.5 Å². The summed E-state index contributed by atoms with van der Waals surface area (Å²) >= 11 is 3.44. The highest BCUT2D eigenvalue weighted by atomic mass is 79.9. The molecular formula is C29H34BrN3O6S. The Kier molecular flexibility index (Phi) is 10.6. The Morgan fingerprint density at radius 3 is 2.17 bits per heavy atom. The van der Waals surface area contributed by atoms with Crippen molar-refractivity contribution in [2.45, 2.75) is 44.3 Å². The summed E-state index contributed by atoms with van der Waals surface area (Å²) in [6.07, 6.45) is 0. The maximum absolute atomic E-state index is 14.0. The van der Waals surface area contributed by atoms with Crippen molar-refractivity contribution in [1.29, 1.82) is 0 Å². The van der Waals surface area contributed by atoms with Gasteiger partial charge in [0.25, 0.3) is 10.0 Å². The second-order valence-electron chi connectivity index (χ2n) is 9.35. The van der Waals surface area contributed by atoms with Crippen LogP contribution in [0.3, 0.4) is 0 Å². The quantitative estimate of drug-likeness (QED) is 0.313. The van der Waals surface area contributed by atoms with Crippen molar-refractivity contribution >= 4 is 43.5 Å². The molecule has 0 spiro atoms. The first kappa shape index (κ1) is 31.0. The van der Waals surface area contributed by atoms with E-state index in [4.69, 9.17) is 9.47 Å². The van der Waals surface area contributed by atoms with Gasteiger partial charge in [-0.1, -0.05) is 46.3 Å². The SMILES string of the molecule is COc1ccc(S(=O)(=O)N(CC(=O)N(Cc2cccc(Br)c2)[C@H](C)C(=O)NC(C)C)c2ccccc2)cc1OC. The molecule has 0 saturated carbocycles. The van der Waals surface area contributed by atoms with Crippen molar-refractivity contribution in [2.75, 3.05) is 25.1 Å². The molecule has 9 nitrogen and oxygen atoms in total. The number of amides is 2. The van der Waals surface area contributed by atoms with Crippen LogP contribution in [0.25, 0.3) is 0 Å². The maximum atomic E-state index is 14.0. The van der Waals surface area contributed by atoms with E-state index in [0.29, 0.717) is 11.4 Å². The third-order valence-electron chi connectivity index (χ3n) is 6.11. The van der Waals surface area contributed by atoms with E-state index in [2.05, 4.69) is 21.2 Å². The van der Waals surface area contributed by atoms with Gasteiger partial charge in [0.2, 0.25) is 11.8 Å². The van der Waals surface area contributed by atoms with Crippen molar-refractivity contribution in [3.05, 3.63) is 82.8 Å². The standard InChI is InChI=1S/C29H34BrN3O6S/c1-20(2)31-29(35)21(3)32(18-22-10-9-11-23(30)16-22)28(34)19-33(24-12-7-6-8-13-24)40(36,37)25-14-15-26(38-4)27(17-25)39-5/h6-17,20-21H,18-19H2,1-5H3,(H,31,35)/t21-/m1/s1. The monoisotopic (exact) mass is 631 g/mol. The zero-order chi connectivity index (χ0) is 29.4. The van der Waals surface area contributed by atoms with Crippen LogP contribution >= 0.6 is 15.9 Å². The summed E-state index contributed by atoms with van der Waals surface area (Å²) < 4.78 is 40.4. The zero-order valence-corrected chi connectivity index (χ0v) is 25.5. The normalized spacial score (nSPS) is 12.0. The molecule has 0 aliphatic carbocycles. The lowest BCUT2D eigenvalue weighted by atomic mass is 10.1. The fourth-order valence-electron chi connectivity index (χ4n) is 4.05. The van der Waals surface area contributed by atoms with Crippen LogP contribution in [0.4, 0.5) is 5.69 Å². The smallest absolute Gasteiger partial charge is 0.264 e. The van der Waals surface area contributed by atoms with Crippen molar-refractivity contribution in [1.82, 2.24) is 10.2 Å². The van der Waals surface area contributed by atoms with Gasteiger partial charge in [0.1, 0.15) is 12.6 Å². The molecule has 0 aliphatic heterocycles. The molecule has 0 saturated heterocycles. The highest BCUT2D eigenvalue weighted by Gasteiger charge is 2.33. The highest BCUT2D eigenvalue weighted by molar-refractivity contribution is 9.10. The van der Waals surface area contributed by atoms with Crippen LogP contribution < -0.4 is 19.1 Å². The van der Waals surface area contributed by atoms with Gasteiger partial charge < -0.3 is 19.7 Å². The number of hydrogen-bond donors (Lipinski definition) is 1. The zero-order valence-electron chi connectivity index (χ0n) is 23.1. The number of carbonyl (C=O) groups is 2. The minimum absolute atomic E-state index is 0.0778. The Labute approximate surface area is 244 Å². The fraction of sp³-hybridized carbons (Fsp3) is 0.310. The number of ether oxygens (including phenoxy) is 2. The maximum Gasteiger partial charge on any atom is 0.264 e. The molecule has 0 aromatic heterocycles. The predicted molar refractivity (Wildman–Crippen MR) is 158 cm³/mol. The molecule has 11 heteroatoms. The van der Waals surface area contributed by atoms with E-state index in [9.17, 15) is 18.0 Å². The minimum atomic E-state index is -4.24. The second-order valence-corrected chi connectivity index (χ2v) is 12.1. The topological polar surface area (TPSA) is 105 Å². The van der Waals surface area contributed by atoms with Crippen LogP contribution in [0, 0.1) is 0 Å². The molecular weight excluding hydrogens is 598 g/mol. The van der Waals surface area contributed by atoms with Gasteiger partial charge in [0, 0.05) is 23.1 Å².